The van der Waals surface area contributed by atoms with Crippen molar-refractivity contribution in [2.75, 3.05) is 68.5 Å². The lowest BCUT2D eigenvalue weighted by Crippen LogP contribution is -2.64. The number of nitrogens with zero attached hydrogens (tertiary/aromatic N) is 7. The molecule has 2 aliphatic carbocycles. The lowest BCUT2D eigenvalue weighted by molar-refractivity contribution is -0.149. The van der Waals surface area contributed by atoms with Crippen molar-refractivity contribution in [2.45, 2.75) is 212 Å². The van der Waals surface area contributed by atoms with E-state index < -0.39 is 156 Å². The van der Waals surface area contributed by atoms with Crippen molar-refractivity contribution in [3.8, 4) is 0 Å². The summed E-state index contributed by atoms with van der Waals surface area (Å²) in [5.74, 6) is -7.65. The summed E-state index contributed by atoms with van der Waals surface area (Å²) in [7, 11) is 8.59. The van der Waals surface area contributed by atoms with Crippen LogP contribution in [-0.2, 0) is 65.3 Å². The van der Waals surface area contributed by atoms with Crippen LogP contribution in [0.25, 0.3) is 0 Å². The molecule has 5 rings (SSSR count). The number of nitrogens with one attached hydrogen (secondary N) is 4. The van der Waals surface area contributed by atoms with E-state index in [0.29, 0.717) is 31.2 Å². The highest BCUT2D eigenvalue weighted by Crippen LogP contribution is 2.35. The number of halogens is 3. The fourth-order valence-electron chi connectivity index (χ4n) is 13.0. The Kier molecular flexibility index (Phi) is 26.4. The standard InChI is InChI=1S/C64H100F3N11O11/c1-14-41(6)54-61(88)74(10)37-52(81)72(8)38-53(82)76(12)49(35-44-21-16-15-17-22-44)60(87)73(9)36-50(79)69-46(29-26-43-24-27-45(28-25-43)64(65,66)67)59(86)78-32-20-23-47(78)57(84)71-63(30-18-19-31-63)62(89)77(13)55(40(4)5)58(85)68-42(7)34-51(80)75(11)48(33-39(2)3)56(83)70-54/h24-25,27-28,39-42,44,46-49,54-55H,14-23,26,29-38H2,1-13H3,(H,68,85)(H,69,79)(H,70,83)(H,71,84)/t41?,42-,46+,47+,48+,49+,54+,55+/m1/s1. The molecule has 0 bridgehead atoms. The molecule has 1 spiro atoms. The third-order valence-corrected chi connectivity index (χ3v) is 18.6. The first-order chi connectivity index (χ1) is 41.7. The topological polar surface area (TPSA) is 259 Å². The van der Waals surface area contributed by atoms with Crippen LogP contribution in [0.3, 0.4) is 0 Å². The van der Waals surface area contributed by atoms with Gasteiger partial charge in [0.1, 0.15) is 41.8 Å². The number of hydrogen-bond donors (Lipinski definition) is 4. The van der Waals surface area contributed by atoms with Gasteiger partial charge in [-0.3, -0.25) is 52.7 Å². The minimum atomic E-state index is -4.60. The largest absolute Gasteiger partial charge is 0.416 e. The number of aryl methyl sites for hydroxylation is 1. The van der Waals surface area contributed by atoms with Crippen molar-refractivity contribution in [3.05, 3.63) is 35.4 Å². The molecule has 1 aromatic carbocycles. The zero-order chi connectivity index (χ0) is 66.4. The number of carbonyl (C=O) groups excluding carboxylic acids is 11. The maximum Gasteiger partial charge on any atom is 0.416 e. The second-order valence-corrected chi connectivity index (χ2v) is 26.5. The van der Waals surface area contributed by atoms with E-state index in [-0.39, 0.29) is 69.7 Å². The minimum Gasteiger partial charge on any atom is -0.351 e. The van der Waals surface area contributed by atoms with Gasteiger partial charge in [-0.25, -0.2) is 0 Å². The van der Waals surface area contributed by atoms with E-state index in [4.69, 9.17) is 0 Å². The summed E-state index contributed by atoms with van der Waals surface area (Å²) in [6.45, 7) is 11.0. The second kappa shape index (κ2) is 32.3. The molecule has 0 aromatic heterocycles. The number of alkyl halides is 3. The van der Waals surface area contributed by atoms with Gasteiger partial charge in [0.2, 0.25) is 65.0 Å². The predicted octanol–water partition coefficient (Wildman–Crippen LogP) is 4.51. The van der Waals surface area contributed by atoms with Crippen molar-refractivity contribution in [1.82, 2.24) is 55.6 Å². The third-order valence-electron chi connectivity index (χ3n) is 18.6. The van der Waals surface area contributed by atoms with Gasteiger partial charge in [0.05, 0.1) is 25.2 Å². The molecule has 498 valence electrons. The number of benzene rings is 1. The smallest absolute Gasteiger partial charge is 0.351 e. The summed E-state index contributed by atoms with van der Waals surface area (Å²) < 4.78 is 40.7. The van der Waals surface area contributed by atoms with Crippen LogP contribution in [0.15, 0.2) is 24.3 Å². The van der Waals surface area contributed by atoms with E-state index in [1.54, 1.807) is 27.7 Å². The van der Waals surface area contributed by atoms with Crippen LogP contribution in [-0.4, -0.2) is 216 Å². The van der Waals surface area contributed by atoms with E-state index in [2.05, 4.69) is 21.3 Å². The summed E-state index contributed by atoms with van der Waals surface area (Å²) in [5.41, 5.74) is -1.93. The Hall–Kier alpha value is -6.82. The second-order valence-electron chi connectivity index (χ2n) is 26.5. The van der Waals surface area contributed by atoms with Gasteiger partial charge in [-0.05, 0) is 99.7 Å². The molecule has 89 heavy (non-hydrogen) atoms. The average Bonchev–Trinajstić information content (AvgIpc) is 2.10. The SMILES string of the molecule is CCC(C)[C@@H]1NC(=O)[C@H](CC(C)C)N(C)C(=O)C[C@@H](C)NC(=O)[C@H](C(C)C)N(C)C(=O)C2(CCCC2)NC(=O)[C@@H]2CCCN2C(=O)[C@H](CCc2ccc(C(F)(F)F)cc2)NC(=O)CN(C)C(=O)[C@H](CC2CCCCC2)N(C)C(=O)CN(C)C(=O)CN(C)C1=O. The quantitative estimate of drug-likeness (QED) is 0.254. The summed E-state index contributed by atoms with van der Waals surface area (Å²) in [4.78, 5) is 168. The molecule has 11 amide bonds. The highest BCUT2D eigenvalue weighted by Gasteiger charge is 2.49. The monoisotopic (exact) mass is 1260 g/mol. The Morgan fingerprint density at radius 1 is 0.618 bits per heavy atom. The van der Waals surface area contributed by atoms with Crippen molar-refractivity contribution >= 4 is 65.0 Å². The molecule has 4 N–H and O–H groups in total. The molecule has 0 radical (unpaired) electrons. The fourth-order valence-corrected chi connectivity index (χ4v) is 13.0. The molecule has 2 saturated carbocycles. The van der Waals surface area contributed by atoms with Crippen LogP contribution in [0.5, 0.6) is 0 Å². The van der Waals surface area contributed by atoms with E-state index in [0.717, 1.165) is 58.9 Å². The van der Waals surface area contributed by atoms with Crippen molar-refractivity contribution in [3.63, 3.8) is 0 Å². The van der Waals surface area contributed by atoms with Crippen molar-refractivity contribution in [1.29, 1.82) is 0 Å². The molecule has 1 unspecified atom stereocenters. The minimum absolute atomic E-state index is 0.0183. The number of rotatable bonds is 10. The Morgan fingerprint density at radius 3 is 1.80 bits per heavy atom. The zero-order valence-electron chi connectivity index (χ0n) is 54.8. The van der Waals surface area contributed by atoms with Gasteiger partial charge in [-0.15, -0.1) is 0 Å². The molecule has 2 heterocycles. The first kappa shape index (κ1) is 72.9. The molecule has 4 fully saturated rings. The van der Waals surface area contributed by atoms with Crippen LogP contribution in [0, 0.1) is 23.7 Å². The predicted molar refractivity (Wildman–Crippen MR) is 327 cm³/mol. The van der Waals surface area contributed by atoms with E-state index in [1.807, 2.05) is 20.8 Å². The third kappa shape index (κ3) is 19.4. The summed E-state index contributed by atoms with van der Waals surface area (Å²) in [6.07, 6.45) is 2.49. The molecule has 25 heteroatoms. The van der Waals surface area contributed by atoms with Crippen molar-refractivity contribution < 1.29 is 65.9 Å². The lowest BCUT2D eigenvalue weighted by Gasteiger charge is -2.39. The lowest BCUT2D eigenvalue weighted by atomic mass is 9.84. The Balaban J connectivity index is 1.53. The van der Waals surface area contributed by atoms with Gasteiger partial charge < -0.3 is 55.6 Å². The Labute approximate surface area is 523 Å². The first-order valence-corrected chi connectivity index (χ1v) is 31.9. The Morgan fingerprint density at radius 2 is 1.21 bits per heavy atom. The summed E-state index contributed by atoms with van der Waals surface area (Å²) in [5, 5.41) is 11.6. The van der Waals surface area contributed by atoms with Gasteiger partial charge in [-0.1, -0.05) is 105 Å². The molecular formula is C64H100F3N11O11. The molecule has 22 nitrogen and oxygen atoms in total. The van der Waals surface area contributed by atoms with E-state index in [9.17, 15) is 65.9 Å². The van der Waals surface area contributed by atoms with Gasteiger partial charge >= 0.3 is 6.18 Å². The number of likely N-dealkylation sites (N-methyl/N-ethyl adjacent to an activating group) is 6. The molecule has 2 aliphatic heterocycles. The van der Waals surface area contributed by atoms with Gasteiger partial charge in [-0.2, -0.15) is 13.2 Å². The first-order valence-electron chi connectivity index (χ1n) is 31.9. The summed E-state index contributed by atoms with van der Waals surface area (Å²) in [6, 6.07) is -3.25. The maximum atomic E-state index is 15.0. The van der Waals surface area contributed by atoms with Crippen LogP contribution >= 0.6 is 0 Å². The fraction of sp³-hybridized carbons (Fsp3) is 0.734. The molecule has 1 aromatic rings. The summed E-state index contributed by atoms with van der Waals surface area (Å²) >= 11 is 0. The van der Waals surface area contributed by atoms with Crippen LogP contribution in [0.1, 0.15) is 162 Å². The highest BCUT2D eigenvalue weighted by atomic mass is 19.4. The Bertz CT molecular complexity index is 2680. The zero-order valence-corrected chi connectivity index (χ0v) is 54.8. The number of amides is 11. The van der Waals surface area contributed by atoms with E-state index >= 15 is 0 Å². The van der Waals surface area contributed by atoms with Gasteiger partial charge in [0.15, 0.2) is 0 Å². The van der Waals surface area contributed by atoms with Gasteiger partial charge in [0.25, 0.3) is 0 Å². The van der Waals surface area contributed by atoms with Crippen LogP contribution in [0.2, 0.25) is 0 Å². The van der Waals surface area contributed by atoms with Crippen LogP contribution in [0.4, 0.5) is 13.2 Å². The average molecular weight is 1260 g/mol. The highest BCUT2D eigenvalue weighted by molar-refractivity contribution is 5.99. The molecule has 8 atom stereocenters. The van der Waals surface area contributed by atoms with Gasteiger partial charge in [0, 0.05) is 61.3 Å². The number of hydrogen-bond acceptors (Lipinski definition) is 11. The molecule has 2 saturated heterocycles. The normalized spacial score (nSPS) is 26.5. The van der Waals surface area contributed by atoms with Crippen LogP contribution < -0.4 is 21.3 Å². The number of carbonyl (C=O) groups is 11. The molecular weight excluding hydrogens is 1160 g/mol. The maximum absolute atomic E-state index is 15.0. The van der Waals surface area contributed by atoms with Crippen molar-refractivity contribution in [2.24, 2.45) is 23.7 Å². The number of fused-ring (bicyclic) bond motifs is 1. The van der Waals surface area contributed by atoms with E-state index in [1.165, 1.54) is 74.0 Å². The molecule has 4 aliphatic rings.